The van der Waals surface area contributed by atoms with E-state index in [1.807, 2.05) is 0 Å². The summed E-state index contributed by atoms with van der Waals surface area (Å²) < 4.78 is 4.83. The van der Waals surface area contributed by atoms with E-state index in [1.165, 1.54) is 88.4 Å². The van der Waals surface area contributed by atoms with Crippen LogP contribution in [-0.4, -0.2) is 9.13 Å². The molecule has 0 radical (unpaired) electrons. The third-order valence-corrected chi connectivity index (χ3v) is 10.1. The minimum Gasteiger partial charge on any atom is -0.309 e. The Labute approximate surface area is 290 Å². The summed E-state index contributed by atoms with van der Waals surface area (Å²) in [5.41, 5.74) is 14.5. The Morgan fingerprint density at radius 2 is 0.680 bits per heavy atom. The molecule has 2 aromatic heterocycles. The largest absolute Gasteiger partial charge is 0.309 e. The average Bonchev–Trinajstić information content (AvgIpc) is 3.72. The van der Waals surface area contributed by atoms with Gasteiger partial charge in [-0.1, -0.05) is 152 Å². The monoisotopic (exact) mass is 636 g/mol. The van der Waals surface area contributed by atoms with Crippen molar-refractivity contribution in [3.05, 3.63) is 194 Å². The van der Waals surface area contributed by atoms with E-state index in [4.69, 9.17) is 0 Å². The molecule has 10 aromatic rings. The van der Waals surface area contributed by atoms with Gasteiger partial charge in [0, 0.05) is 32.8 Å². The molecule has 0 bridgehead atoms. The molecule has 0 aliphatic carbocycles. The van der Waals surface area contributed by atoms with Crippen molar-refractivity contribution in [2.75, 3.05) is 0 Å². The highest BCUT2D eigenvalue weighted by Crippen LogP contribution is 2.42. The van der Waals surface area contributed by atoms with Gasteiger partial charge in [-0.05, 0) is 70.3 Å². The van der Waals surface area contributed by atoms with Gasteiger partial charge >= 0.3 is 0 Å². The zero-order chi connectivity index (χ0) is 33.0. The first-order chi connectivity index (χ1) is 24.8. The SMILES string of the molecule is c1ccc(-c2cccc3c2c2ccccc2n3-c2ccccc2-c2ccc(-c3cccc4c3c3ccccc3n4-c3ccccc3)cc2)cc1. The fraction of sp³-hybridized carbons (Fsp3) is 0. The Bertz CT molecular complexity index is 2840. The van der Waals surface area contributed by atoms with Gasteiger partial charge in [-0.25, -0.2) is 0 Å². The second kappa shape index (κ2) is 11.5. The molecule has 2 heterocycles. The van der Waals surface area contributed by atoms with Gasteiger partial charge < -0.3 is 9.13 Å². The van der Waals surface area contributed by atoms with Crippen LogP contribution in [0.5, 0.6) is 0 Å². The van der Waals surface area contributed by atoms with E-state index >= 15 is 0 Å². The van der Waals surface area contributed by atoms with Crippen LogP contribution < -0.4 is 0 Å². The van der Waals surface area contributed by atoms with Crippen molar-refractivity contribution in [3.8, 4) is 44.8 Å². The molecule has 0 saturated carbocycles. The van der Waals surface area contributed by atoms with Crippen LogP contribution in [0.1, 0.15) is 0 Å². The fourth-order valence-corrected chi connectivity index (χ4v) is 7.99. The Balaban J connectivity index is 1.14. The molecule has 234 valence electrons. The third-order valence-electron chi connectivity index (χ3n) is 10.1. The molecule has 0 saturated heterocycles. The normalized spacial score (nSPS) is 11.6. The molecule has 10 rings (SSSR count). The molecular formula is C48H32N2. The lowest BCUT2D eigenvalue weighted by Gasteiger charge is -2.15. The number of para-hydroxylation sites is 4. The van der Waals surface area contributed by atoms with E-state index in [2.05, 4.69) is 203 Å². The van der Waals surface area contributed by atoms with Gasteiger partial charge in [-0.3, -0.25) is 0 Å². The lowest BCUT2D eigenvalue weighted by Crippen LogP contribution is -1.97. The maximum Gasteiger partial charge on any atom is 0.0547 e. The highest BCUT2D eigenvalue weighted by atomic mass is 15.0. The average molecular weight is 637 g/mol. The van der Waals surface area contributed by atoms with Gasteiger partial charge in [0.05, 0.1) is 27.8 Å². The Morgan fingerprint density at radius 1 is 0.260 bits per heavy atom. The third kappa shape index (κ3) is 4.36. The standard InChI is InChI=1S/C48H32N2/c1-3-15-33(16-4-1)38-22-14-28-46-48(38)41-21-9-12-26-44(41)50(46)42-24-10-7-19-37(42)34-29-31-35(32-30-34)39-23-13-27-45-47(39)40-20-8-11-25-43(40)49(45)36-17-5-2-6-18-36/h1-32H. The lowest BCUT2D eigenvalue weighted by atomic mass is 9.96. The Kier molecular flexibility index (Phi) is 6.53. The number of hydrogen-bond donors (Lipinski definition) is 0. The molecule has 0 N–H and O–H groups in total. The summed E-state index contributed by atoms with van der Waals surface area (Å²) >= 11 is 0. The van der Waals surface area contributed by atoms with Crippen molar-refractivity contribution in [2.24, 2.45) is 0 Å². The molecule has 2 nitrogen and oxygen atoms in total. The van der Waals surface area contributed by atoms with Crippen LogP contribution in [0.15, 0.2) is 194 Å². The second-order valence-electron chi connectivity index (χ2n) is 12.9. The zero-order valence-electron chi connectivity index (χ0n) is 27.4. The number of aromatic nitrogens is 2. The van der Waals surface area contributed by atoms with Crippen LogP contribution >= 0.6 is 0 Å². The maximum atomic E-state index is 2.44. The molecule has 50 heavy (non-hydrogen) atoms. The summed E-state index contributed by atoms with van der Waals surface area (Å²) in [7, 11) is 0. The van der Waals surface area contributed by atoms with Crippen molar-refractivity contribution in [1.82, 2.24) is 9.13 Å². The van der Waals surface area contributed by atoms with Gasteiger partial charge in [-0.2, -0.15) is 0 Å². The molecule has 0 unspecified atom stereocenters. The second-order valence-corrected chi connectivity index (χ2v) is 12.9. The predicted molar refractivity (Wildman–Crippen MR) is 211 cm³/mol. The van der Waals surface area contributed by atoms with E-state index in [0.717, 1.165) is 0 Å². The van der Waals surface area contributed by atoms with Crippen molar-refractivity contribution in [1.29, 1.82) is 0 Å². The molecule has 8 aromatic carbocycles. The quantitative estimate of drug-likeness (QED) is 0.178. The van der Waals surface area contributed by atoms with E-state index in [9.17, 15) is 0 Å². The summed E-state index contributed by atoms with van der Waals surface area (Å²) in [6.07, 6.45) is 0. The molecular weight excluding hydrogens is 605 g/mol. The van der Waals surface area contributed by atoms with Crippen molar-refractivity contribution in [2.45, 2.75) is 0 Å². The first-order valence-corrected chi connectivity index (χ1v) is 17.2. The number of rotatable bonds is 5. The summed E-state index contributed by atoms with van der Waals surface area (Å²) in [6.45, 7) is 0. The molecule has 2 heteroatoms. The smallest absolute Gasteiger partial charge is 0.0547 e. The fourth-order valence-electron chi connectivity index (χ4n) is 7.99. The highest BCUT2D eigenvalue weighted by Gasteiger charge is 2.19. The summed E-state index contributed by atoms with van der Waals surface area (Å²) in [5.74, 6) is 0. The van der Waals surface area contributed by atoms with E-state index in [-0.39, 0.29) is 0 Å². The first kappa shape index (κ1) is 28.4. The van der Waals surface area contributed by atoms with Crippen molar-refractivity contribution < 1.29 is 0 Å². The van der Waals surface area contributed by atoms with Crippen LogP contribution in [0.2, 0.25) is 0 Å². The van der Waals surface area contributed by atoms with E-state index in [0.29, 0.717) is 0 Å². The van der Waals surface area contributed by atoms with Gasteiger partial charge in [0.15, 0.2) is 0 Å². The number of hydrogen-bond acceptors (Lipinski definition) is 0. The van der Waals surface area contributed by atoms with E-state index < -0.39 is 0 Å². The predicted octanol–water partition coefficient (Wildman–Crippen LogP) is 12.9. The van der Waals surface area contributed by atoms with Gasteiger partial charge in [-0.15, -0.1) is 0 Å². The zero-order valence-corrected chi connectivity index (χ0v) is 27.4. The summed E-state index contributed by atoms with van der Waals surface area (Å²) in [4.78, 5) is 0. The lowest BCUT2D eigenvalue weighted by molar-refractivity contribution is 1.18. The van der Waals surface area contributed by atoms with Gasteiger partial charge in [0.25, 0.3) is 0 Å². The van der Waals surface area contributed by atoms with Crippen LogP contribution in [0, 0.1) is 0 Å². The Hall–Kier alpha value is -6.64. The Morgan fingerprint density at radius 3 is 1.32 bits per heavy atom. The molecule has 0 fully saturated rings. The molecule has 0 atom stereocenters. The summed E-state index contributed by atoms with van der Waals surface area (Å²) in [6, 6.07) is 70.3. The molecule has 0 aliphatic rings. The highest BCUT2D eigenvalue weighted by molar-refractivity contribution is 6.17. The molecule has 0 aliphatic heterocycles. The topological polar surface area (TPSA) is 9.86 Å². The van der Waals surface area contributed by atoms with E-state index in [1.54, 1.807) is 0 Å². The molecule has 0 amide bonds. The van der Waals surface area contributed by atoms with Gasteiger partial charge in [0.2, 0.25) is 0 Å². The number of fused-ring (bicyclic) bond motifs is 6. The minimum atomic E-state index is 1.17. The maximum absolute atomic E-state index is 2.44. The van der Waals surface area contributed by atoms with Crippen LogP contribution in [0.3, 0.4) is 0 Å². The van der Waals surface area contributed by atoms with Crippen LogP contribution in [0.25, 0.3) is 88.4 Å². The number of benzene rings is 8. The summed E-state index contributed by atoms with van der Waals surface area (Å²) in [5, 5.41) is 5.08. The first-order valence-electron chi connectivity index (χ1n) is 17.2. The van der Waals surface area contributed by atoms with Crippen molar-refractivity contribution >= 4 is 43.6 Å². The molecule has 0 spiro atoms. The minimum absolute atomic E-state index is 1.17. The van der Waals surface area contributed by atoms with Crippen LogP contribution in [-0.2, 0) is 0 Å². The van der Waals surface area contributed by atoms with Gasteiger partial charge in [0.1, 0.15) is 0 Å². The van der Waals surface area contributed by atoms with Crippen molar-refractivity contribution in [3.63, 3.8) is 0 Å². The van der Waals surface area contributed by atoms with Crippen LogP contribution in [0.4, 0.5) is 0 Å². The number of nitrogens with zero attached hydrogens (tertiary/aromatic N) is 2.